The first-order valence-electron chi connectivity index (χ1n) is 4.80. The molecule has 1 heterocycles. The third-order valence-corrected chi connectivity index (χ3v) is 2.69. The molecule has 0 aliphatic carbocycles. The van der Waals surface area contributed by atoms with Gasteiger partial charge in [-0.25, -0.2) is 0 Å². The fourth-order valence-corrected chi connectivity index (χ4v) is 1.58. The third kappa shape index (κ3) is 1.80. The van der Waals surface area contributed by atoms with Crippen LogP contribution in [0.3, 0.4) is 0 Å². The Bertz CT molecular complexity index is 295. The van der Waals surface area contributed by atoms with Gasteiger partial charge < -0.3 is 15.6 Å². The highest BCUT2D eigenvalue weighted by Gasteiger charge is 2.41. The van der Waals surface area contributed by atoms with E-state index in [4.69, 9.17) is 10.5 Å². The molecule has 0 bridgehead atoms. The zero-order chi connectivity index (χ0) is 10.0. The zero-order valence-electron chi connectivity index (χ0n) is 8.02. The van der Waals surface area contributed by atoms with Crippen molar-refractivity contribution >= 4 is 0 Å². The largest absolute Gasteiger partial charge is 0.383 e. The molecule has 1 atom stereocenters. The molecule has 0 radical (unpaired) electrons. The van der Waals surface area contributed by atoms with E-state index < -0.39 is 5.60 Å². The number of ether oxygens (including phenoxy) is 1. The van der Waals surface area contributed by atoms with Crippen molar-refractivity contribution in [3.05, 3.63) is 35.9 Å². The minimum atomic E-state index is -0.810. The monoisotopic (exact) mass is 193 g/mol. The van der Waals surface area contributed by atoms with Crippen LogP contribution in [-0.4, -0.2) is 30.0 Å². The van der Waals surface area contributed by atoms with Crippen LogP contribution in [0, 0.1) is 0 Å². The lowest BCUT2D eigenvalue weighted by atomic mass is 9.88. The van der Waals surface area contributed by atoms with Gasteiger partial charge in [0.1, 0.15) is 5.60 Å². The molecule has 1 aliphatic rings. The number of nitrogens with two attached hydrogens (primary N) is 1. The van der Waals surface area contributed by atoms with E-state index in [9.17, 15) is 5.11 Å². The SMILES string of the molecule is N[C@H](Cc1ccccc1)C1(O)COC1. The van der Waals surface area contributed by atoms with Gasteiger partial charge in [-0.15, -0.1) is 0 Å². The summed E-state index contributed by atoms with van der Waals surface area (Å²) in [5.41, 5.74) is 6.26. The third-order valence-electron chi connectivity index (χ3n) is 2.69. The number of rotatable bonds is 3. The highest BCUT2D eigenvalue weighted by molar-refractivity contribution is 5.17. The zero-order valence-corrected chi connectivity index (χ0v) is 8.02. The molecule has 1 aromatic rings. The molecule has 2 rings (SSSR count). The van der Waals surface area contributed by atoms with Crippen molar-refractivity contribution in [3.8, 4) is 0 Å². The number of benzene rings is 1. The van der Waals surface area contributed by atoms with Crippen molar-refractivity contribution in [1.82, 2.24) is 0 Å². The average Bonchev–Trinajstić information content (AvgIpc) is 2.15. The molecule has 14 heavy (non-hydrogen) atoms. The normalized spacial score (nSPS) is 21.3. The Morgan fingerprint density at radius 3 is 2.50 bits per heavy atom. The Morgan fingerprint density at radius 1 is 1.36 bits per heavy atom. The molecule has 76 valence electrons. The van der Waals surface area contributed by atoms with E-state index in [0.717, 1.165) is 5.56 Å². The van der Waals surface area contributed by atoms with Gasteiger partial charge in [0, 0.05) is 6.04 Å². The van der Waals surface area contributed by atoms with Crippen molar-refractivity contribution < 1.29 is 9.84 Å². The maximum absolute atomic E-state index is 9.89. The van der Waals surface area contributed by atoms with E-state index >= 15 is 0 Å². The van der Waals surface area contributed by atoms with Crippen LogP contribution < -0.4 is 5.73 Å². The standard InChI is InChI=1S/C11H15NO2/c12-10(11(13)7-14-8-11)6-9-4-2-1-3-5-9/h1-5,10,13H,6-8,12H2/t10-/m1/s1. The average molecular weight is 193 g/mol. The molecular formula is C11H15NO2. The van der Waals surface area contributed by atoms with Crippen LogP contribution in [0.15, 0.2) is 30.3 Å². The summed E-state index contributed by atoms with van der Waals surface area (Å²) < 4.78 is 4.97. The van der Waals surface area contributed by atoms with Crippen molar-refractivity contribution in [2.45, 2.75) is 18.1 Å². The summed E-state index contributed by atoms with van der Waals surface area (Å²) in [5, 5.41) is 9.89. The van der Waals surface area contributed by atoms with Crippen LogP contribution in [0.5, 0.6) is 0 Å². The van der Waals surface area contributed by atoms with Crippen molar-refractivity contribution in [2.24, 2.45) is 5.73 Å². The van der Waals surface area contributed by atoms with Gasteiger partial charge in [-0.05, 0) is 12.0 Å². The van der Waals surface area contributed by atoms with Crippen LogP contribution in [0.2, 0.25) is 0 Å². The van der Waals surface area contributed by atoms with Crippen LogP contribution in [0.25, 0.3) is 0 Å². The first kappa shape index (κ1) is 9.65. The van der Waals surface area contributed by atoms with Gasteiger partial charge in [-0.1, -0.05) is 30.3 Å². The summed E-state index contributed by atoms with van der Waals surface area (Å²) in [6.07, 6.45) is 0.695. The van der Waals surface area contributed by atoms with E-state index in [1.54, 1.807) is 0 Å². The second-order valence-electron chi connectivity index (χ2n) is 3.89. The Hall–Kier alpha value is -0.900. The van der Waals surface area contributed by atoms with Crippen LogP contribution >= 0.6 is 0 Å². The molecule has 0 spiro atoms. The van der Waals surface area contributed by atoms with E-state index in [2.05, 4.69) is 0 Å². The summed E-state index contributed by atoms with van der Waals surface area (Å²) >= 11 is 0. The predicted molar refractivity (Wildman–Crippen MR) is 53.9 cm³/mol. The molecule has 3 N–H and O–H groups in total. The maximum atomic E-state index is 9.89. The summed E-state index contributed by atoms with van der Waals surface area (Å²) in [5.74, 6) is 0. The fourth-order valence-electron chi connectivity index (χ4n) is 1.58. The Morgan fingerprint density at radius 2 is 2.00 bits per heavy atom. The Balaban J connectivity index is 1.98. The van der Waals surface area contributed by atoms with Gasteiger partial charge >= 0.3 is 0 Å². The quantitative estimate of drug-likeness (QED) is 0.726. The molecule has 0 saturated carbocycles. The number of hydrogen-bond acceptors (Lipinski definition) is 3. The van der Waals surface area contributed by atoms with Gasteiger partial charge in [0.2, 0.25) is 0 Å². The molecule has 3 nitrogen and oxygen atoms in total. The first-order chi connectivity index (χ1) is 6.71. The van der Waals surface area contributed by atoms with Crippen molar-refractivity contribution in [1.29, 1.82) is 0 Å². The number of aliphatic hydroxyl groups is 1. The lowest BCUT2D eigenvalue weighted by Gasteiger charge is -2.41. The Kier molecular flexibility index (Phi) is 2.54. The molecule has 1 saturated heterocycles. The summed E-state index contributed by atoms with van der Waals surface area (Å²) in [6.45, 7) is 0.724. The first-order valence-corrected chi connectivity index (χ1v) is 4.80. The molecule has 1 aliphatic heterocycles. The van der Waals surface area contributed by atoms with Gasteiger partial charge in [0.15, 0.2) is 0 Å². The lowest BCUT2D eigenvalue weighted by molar-refractivity contribution is -0.189. The molecule has 0 amide bonds. The van der Waals surface area contributed by atoms with Crippen molar-refractivity contribution in [2.75, 3.05) is 13.2 Å². The van der Waals surface area contributed by atoms with Gasteiger partial charge in [0.05, 0.1) is 13.2 Å². The smallest absolute Gasteiger partial charge is 0.126 e. The van der Waals surface area contributed by atoms with E-state index in [1.165, 1.54) is 0 Å². The number of hydrogen-bond donors (Lipinski definition) is 2. The van der Waals surface area contributed by atoms with Gasteiger partial charge in [0.25, 0.3) is 0 Å². The van der Waals surface area contributed by atoms with Gasteiger partial charge in [-0.3, -0.25) is 0 Å². The molecule has 1 fully saturated rings. The minimum absolute atomic E-state index is 0.237. The van der Waals surface area contributed by atoms with Crippen LogP contribution in [0.4, 0.5) is 0 Å². The molecular weight excluding hydrogens is 178 g/mol. The predicted octanol–water partition coefficient (Wildman–Crippen LogP) is 0.318. The van der Waals surface area contributed by atoms with E-state index in [0.29, 0.717) is 19.6 Å². The van der Waals surface area contributed by atoms with E-state index in [-0.39, 0.29) is 6.04 Å². The van der Waals surface area contributed by atoms with Crippen molar-refractivity contribution in [3.63, 3.8) is 0 Å². The molecule has 1 aromatic carbocycles. The van der Waals surface area contributed by atoms with Gasteiger partial charge in [-0.2, -0.15) is 0 Å². The highest BCUT2D eigenvalue weighted by atomic mass is 16.5. The molecule has 0 aromatic heterocycles. The Labute approximate surface area is 83.5 Å². The maximum Gasteiger partial charge on any atom is 0.126 e. The molecule has 3 heteroatoms. The topological polar surface area (TPSA) is 55.5 Å². The fraction of sp³-hybridized carbons (Fsp3) is 0.455. The second-order valence-corrected chi connectivity index (χ2v) is 3.89. The molecule has 0 unspecified atom stereocenters. The summed E-state index contributed by atoms with van der Waals surface area (Å²) in [6, 6.07) is 9.72. The summed E-state index contributed by atoms with van der Waals surface area (Å²) in [7, 11) is 0. The highest BCUT2D eigenvalue weighted by Crippen LogP contribution is 2.22. The van der Waals surface area contributed by atoms with Crippen LogP contribution in [-0.2, 0) is 11.2 Å². The van der Waals surface area contributed by atoms with Crippen LogP contribution in [0.1, 0.15) is 5.56 Å². The van der Waals surface area contributed by atoms with E-state index in [1.807, 2.05) is 30.3 Å². The minimum Gasteiger partial charge on any atom is -0.383 e. The second kappa shape index (κ2) is 3.69. The lowest BCUT2D eigenvalue weighted by Crippen LogP contribution is -2.62. The summed E-state index contributed by atoms with van der Waals surface area (Å²) in [4.78, 5) is 0.